The molecule has 0 aromatic heterocycles. The van der Waals surface area contributed by atoms with Crippen LogP contribution in [0.3, 0.4) is 0 Å². The third-order valence-corrected chi connectivity index (χ3v) is 3.74. The van der Waals surface area contributed by atoms with Crippen molar-refractivity contribution in [2.45, 2.75) is 12.8 Å². The van der Waals surface area contributed by atoms with Crippen molar-refractivity contribution in [2.24, 2.45) is 0 Å². The van der Waals surface area contributed by atoms with E-state index in [4.69, 9.17) is 14.6 Å². The molecule has 0 unspecified atom stereocenters. The van der Waals surface area contributed by atoms with Crippen LogP contribution in [0.4, 0.5) is 5.69 Å². The molecule has 1 amide bonds. The molecule has 0 aliphatic heterocycles. The number of carboxylic acids is 1. The molecule has 2 rings (SSSR count). The summed E-state index contributed by atoms with van der Waals surface area (Å²) in [7, 11) is 3.11. The number of ether oxygens (including phenoxy) is 2. The van der Waals surface area contributed by atoms with E-state index >= 15 is 0 Å². The molecular formula is C19H21NO5. The van der Waals surface area contributed by atoms with Crippen molar-refractivity contribution < 1.29 is 24.2 Å². The van der Waals surface area contributed by atoms with Gasteiger partial charge in [0.15, 0.2) is 11.5 Å². The molecule has 0 radical (unpaired) electrons. The normalized spacial score (nSPS) is 10.2. The van der Waals surface area contributed by atoms with Gasteiger partial charge in [-0.3, -0.25) is 9.59 Å². The molecule has 0 atom stereocenters. The second-order valence-corrected chi connectivity index (χ2v) is 5.40. The molecule has 1 N–H and O–H groups in total. The van der Waals surface area contributed by atoms with Gasteiger partial charge in [-0.2, -0.15) is 0 Å². The maximum atomic E-state index is 12.5. The Balaban J connectivity index is 2.09. The molecule has 0 aliphatic carbocycles. The Labute approximate surface area is 146 Å². The van der Waals surface area contributed by atoms with Crippen LogP contribution in [0.25, 0.3) is 0 Å². The van der Waals surface area contributed by atoms with Crippen LogP contribution in [0.15, 0.2) is 48.5 Å². The third-order valence-electron chi connectivity index (χ3n) is 3.74. The summed E-state index contributed by atoms with van der Waals surface area (Å²) in [6, 6.07) is 14.3. The molecule has 132 valence electrons. The Morgan fingerprint density at radius 2 is 1.68 bits per heavy atom. The molecule has 0 heterocycles. The van der Waals surface area contributed by atoms with Crippen LogP contribution in [0.2, 0.25) is 0 Å². The fraction of sp³-hybridized carbons (Fsp3) is 0.263. The number of benzene rings is 2. The van der Waals surface area contributed by atoms with Crippen molar-refractivity contribution in [3.05, 3.63) is 54.1 Å². The van der Waals surface area contributed by atoms with E-state index in [1.165, 1.54) is 4.90 Å². The quantitative estimate of drug-likeness (QED) is 0.797. The molecule has 0 saturated heterocycles. The second kappa shape index (κ2) is 8.73. The lowest BCUT2D eigenvalue weighted by molar-refractivity contribution is -0.136. The topological polar surface area (TPSA) is 76.1 Å². The van der Waals surface area contributed by atoms with Gasteiger partial charge in [0.25, 0.3) is 0 Å². The highest BCUT2D eigenvalue weighted by molar-refractivity contribution is 5.97. The first kappa shape index (κ1) is 18.3. The number of anilines is 1. The van der Waals surface area contributed by atoms with Gasteiger partial charge in [-0.15, -0.1) is 0 Å². The van der Waals surface area contributed by atoms with Crippen LogP contribution in [0, 0.1) is 0 Å². The van der Waals surface area contributed by atoms with E-state index in [1.807, 2.05) is 18.2 Å². The molecule has 0 bridgehead atoms. The summed E-state index contributed by atoms with van der Waals surface area (Å²) >= 11 is 0. The SMILES string of the molecule is COc1ccc(CCC(=O)N(CC(=O)O)c2ccccc2)cc1OC. The molecule has 25 heavy (non-hydrogen) atoms. The Kier molecular flexibility index (Phi) is 6.39. The molecular weight excluding hydrogens is 322 g/mol. The average molecular weight is 343 g/mol. The molecule has 0 spiro atoms. The van der Waals surface area contributed by atoms with Crippen molar-refractivity contribution in [3.63, 3.8) is 0 Å². The van der Waals surface area contributed by atoms with Gasteiger partial charge in [-0.05, 0) is 36.2 Å². The lowest BCUT2D eigenvalue weighted by Gasteiger charge is -2.21. The van der Waals surface area contributed by atoms with Gasteiger partial charge in [0.2, 0.25) is 5.91 Å². The summed E-state index contributed by atoms with van der Waals surface area (Å²) in [5, 5.41) is 9.08. The number of carbonyl (C=O) groups excluding carboxylic acids is 1. The Morgan fingerprint density at radius 1 is 1.00 bits per heavy atom. The standard InChI is InChI=1S/C19H21NO5/c1-24-16-10-8-14(12-17(16)25-2)9-11-18(21)20(13-19(22)23)15-6-4-3-5-7-15/h3-8,10,12H,9,11,13H2,1-2H3,(H,22,23). The highest BCUT2D eigenvalue weighted by atomic mass is 16.5. The minimum Gasteiger partial charge on any atom is -0.493 e. The predicted octanol–water partition coefficient (Wildman–Crippen LogP) is 2.75. The zero-order valence-electron chi connectivity index (χ0n) is 14.3. The number of rotatable bonds is 8. The zero-order valence-corrected chi connectivity index (χ0v) is 14.3. The number of aliphatic carboxylic acids is 1. The van der Waals surface area contributed by atoms with E-state index in [9.17, 15) is 9.59 Å². The maximum absolute atomic E-state index is 12.5. The molecule has 0 fully saturated rings. The van der Waals surface area contributed by atoms with Gasteiger partial charge >= 0.3 is 5.97 Å². The van der Waals surface area contributed by atoms with E-state index in [0.29, 0.717) is 23.6 Å². The summed E-state index contributed by atoms with van der Waals surface area (Å²) in [5.41, 5.74) is 1.48. The highest BCUT2D eigenvalue weighted by Gasteiger charge is 2.18. The van der Waals surface area contributed by atoms with Gasteiger partial charge in [0.1, 0.15) is 6.54 Å². The monoisotopic (exact) mass is 343 g/mol. The van der Waals surface area contributed by atoms with E-state index in [-0.39, 0.29) is 18.9 Å². The van der Waals surface area contributed by atoms with Gasteiger partial charge in [0.05, 0.1) is 14.2 Å². The van der Waals surface area contributed by atoms with Crippen LogP contribution in [-0.2, 0) is 16.0 Å². The number of hydrogen-bond donors (Lipinski definition) is 1. The lowest BCUT2D eigenvalue weighted by atomic mass is 10.1. The smallest absolute Gasteiger partial charge is 0.323 e. The van der Waals surface area contributed by atoms with Gasteiger partial charge in [-0.25, -0.2) is 0 Å². The number of methoxy groups -OCH3 is 2. The number of aryl methyl sites for hydroxylation is 1. The zero-order chi connectivity index (χ0) is 18.2. The second-order valence-electron chi connectivity index (χ2n) is 5.40. The minimum atomic E-state index is -1.05. The highest BCUT2D eigenvalue weighted by Crippen LogP contribution is 2.28. The van der Waals surface area contributed by atoms with Crippen LogP contribution in [-0.4, -0.2) is 37.7 Å². The molecule has 0 aliphatic rings. The number of carbonyl (C=O) groups is 2. The number of carboxylic acid groups (broad SMARTS) is 1. The molecule has 2 aromatic rings. The van der Waals surface area contributed by atoms with Crippen LogP contribution in [0.5, 0.6) is 11.5 Å². The Morgan fingerprint density at radius 3 is 2.28 bits per heavy atom. The Bertz CT molecular complexity index is 730. The fourth-order valence-electron chi connectivity index (χ4n) is 2.49. The largest absolute Gasteiger partial charge is 0.493 e. The van der Waals surface area contributed by atoms with Crippen molar-refractivity contribution >= 4 is 17.6 Å². The minimum absolute atomic E-state index is 0.192. The van der Waals surface area contributed by atoms with Gasteiger partial charge < -0.3 is 19.5 Å². The van der Waals surface area contributed by atoms with Gasteiger partial charge in [0, 0.05) is 12.1 Å². The van der Waals surface area contributed by atoms with Crippen molar-refractivity contribution in [1.82, 2.24) is 0 Å². The first-order valence-electron chi connectivity index (χ1n) is 7.83. The molecule has 6 nitrogen and oxygen atoms in total. The maximum Gasteiger partial charge on any atom is 0.323 e. The summed E-state index contributed by atoms with van der Waals surface area (Å²) in [5.74, 6) is -0.0843. The summed E-state index contributed by atoms with van der Waals surface area (Å²) in [6.07, 6.45) is 0.666. The third kappa shape index (κ3) is 4.97. The van der Waals surface area contributed by atoms with Crippen LogP contribution >= 0.6 is 0 Å². The van der Waals surface area contributed by atoms with E-state index in [1.54, 1.807) is 44.6 Å². The first-order chi connectivity index (χ1) is 12.0. The Hall–Kier alpha value is -3.02. The van der Waals surface area contributed by atoms with E-state index < -0.39 is 5.97 Å². The van der Waals surface area contributed by atoms with E-state index in [2.05, 4.69) is 0 Å². The molecule has 6 heteroatoms. The number of amides is 1. The van der Waals surface area contributed by atoms with E-state index in [0.717, 1.165) is 5.56 Å². The number of nitrogens with zero attached hydrogens (tertiary/aromatic N) is 1. The van der Waals surface area contributed by atoms with Crippen molar-refractivity contribution in [2.75, 3.05) is 25.7 Å². The lowest BCUT2D eigenvalue weighted by Crippen LogP contribution is -2.35. The average Bonchev–Trinajstić information content (AvgIpc) is 2.64. The summed E-state index contributed by atoms with van der Waals surface area (Å²) < 4.78 is 10.4. The van der Waals surface area contributed by atoms with Gasteiger partial charge in [-0.1, -0.05) is 24.3 Å². The molecule has 2 aromatic carbocycles. The predicted molar refractivity (Wildman–Crippen MR) is 94.3 cm³/mol. The fourth-order valence-corrected chi connectivity index (χ4v) is 2.49. The summed E-state index contributed by atoms with van der Waals surface area (Å²) in [6.45, 7) is -0.366. The number of para-hydroxylation sites is 1. The first-order valence-corrected chi connectivity index (χ1v) is 7.83. The van der Waals surface area contributed by atoms with Crippen molar-refractivity contribution in [1.29, 1.82) is 0 Å². The van der Waals surface area contributed by atoms with Crippen LogP contribution in [0.1, 0.15) is 12.0 Å². The van der Waals surface area contributed by atoms with Crippen LogP contribution < -0.4 is 14.4 Å². The number of hydrogen-bond acceptors (Lipinski definition) is 4. The van der Waals surface area contributed by atoms with Crippen molar-refractivity contribution in [3.8, 4) is 11.5 Å². The molecule has 0 saturated carbocycles. The summed E-state index contributed by atoms with van der Waals surface area (Å²) in [4.78, 5) is 24.9.